The molecule has 0 radical (unpaired) electrons. The Bertz CT molecular complexity index is 1140. The van der Waals surface area contributed by atoms with Crippen molar-refractivity contribution in [1.82, 2.24) is 15.4 Å². The lowest BCUT2D eigenvalue weighted by Crippen LogP contribution is -2.55. The van der Waals surface area contributed by atoms with Crippen LogP contribution in [-0.2, 0) is 31.9 Å². The van der Waals surface area contributed by atoms with Gasteiger partial charge in [-0.3, -0.25) is 15.0 Å². The lowest BCUT2D eigenvalue weighted by atomic mass is 10.0. The maximum absolute atomic E-state index is 13.1. The number of rotatable bonds is 15. The Morgan fingerprint density at radius 2 is 1.65 bits per heavy atom. The number of benzene rings is 2. The summed E-state index contributed by atoms with van der Waals surface area (Å²) in [5, 5.41) is 22.1. The first kappa shape index (κ1) is 29.9. The van der Waals surface area contributed by atoms with Crippen molar-refractivity contribution in [2.75, 3.05) is 6.61 Å². The van der Waals surface area contributed by atoms with Gasteiger partial charge >= 0.3 is 0 Å². The van der Waals surface area contributed by atoms with Gasteiger partial charge in [-0.05, 0) is 36.3 Å². The predicted octanol–water partition coefficient (Wildman–Crippen LogP) is 1.62. The topological polar surface area (TPSA) is 174 Å². The highest BCUT2D eigenvalue weighted by molar-refractivity contribution is 7.88. The first-order valence-corrected chi connectivity index (χ1v) is 13.8. The van der Waals surface area contributed by atoms with Crippen molar-refractivity contribution in [2.24, 2.45) is 11.7 Å². The number of nitrogen functional groups attached to an aromatic ring is 1. The summed E-state index contributed by atoms with van der Waals surface area (Å²) in [6, 6.07) is 13.5. The number of carbonyl (C=O) groups excluding carboxylic acids is 2. The van der Waals surface area contributed by atoms with Gasteiger partial charge < -0.3 is 21.5 Å². The van der Waals surface area contributed by atoms with Gasteiger partial charge in [0.1, 0.15) is 17.9 Å². The second-order valence-corrected chi connectivity index (χ2v) is 10.9. The molecule has 2 aromatic carbocycles. The third-order valence-electron chi connectivity index (χ3n) is 5.72. The molecule has 0 saturated heterocycles. The van der Waals surface area contributed by atoms with Crippen LogP contribution in [0.15, 0.2) is 54.6 Å². The van der Waals surface area contributed by atoms with Crippen LogP contribution in [0.1, 0.15) is 51.2 Å². The van der Waals surface area contributed by atoms with Crippen LogP contribution in [0.25, 0.3) is 0 Å². The number of unbranched alkanes of at least 4 members (excludes halogenated alkanes) is 1. The van der Waals surface area contributed by atoms with E-state index in [1.807, 2.05) is 0 Å². The molecule has 204 valence electrons. The van der Waals surface area contributed by atoms with E-state index >= 15 is 0 Å². The van der Waals surface area contributed by atoms with Gasteiger partial charge in [-0.25, -0.2) is 13.1 Å². The van der Waals surface area contributed by atoms with Gasteiger partial charge in [0.25, 0.3) is 0 Å². The van der Waals surface area contributed by atoms with E-state index in [1.165, 1.54) is 0 Å². The van der Waals surface area contributed by atoms with Crippen LogP contribution in [0.3, 0.4) is 0 Å². The summed E-state index contributed by atoms with van der Waals surface area (Å²) in [4.78, 5) is 26.1. The van der Waals surface area contributed by atoms with E-state index < -0.39 is 33.9 Å². The molecule has 2 amide bonds. The third kappa shape index (κ3) is 10.3. The van der Waals surface area contributed by atoms with Gasteiger partial charge in [-0.15, -0.1) is 0 Å². The Morgan fingerprint density at radius 1 is 1.00 bits per heavy atom. The molecule has 2 aromatic rings. The molecule has 0 aliphatic carbocycles. The highest BCUT2D eigenvalue weighted by atomic mass is 32.2. The molecule has 0 aliphatic rings. The van der Waals surface area contributed by atoms with Crippen molar-refractivity contribution >= 4 is 27.7 Å². The Morgan fingerprint density at radius 3 is 2.22 bits per heavy atom. The molecule has 11 heteroatoms. The number of aliphatic hydroxyl groups excluding tert-OH is 1. The van der Waals surface area contributed by atoms with Gasteiger partial charge in [0, 0.05) is 20.1 Å². The van der Waals surface area contributed by atoms with E-state index in [4.69, 9.17) is 16.2 Å². The maximum Gasteiger partial charge on any atom is 0.242 e. The molecule has 7 N–H and O–H groups in total. The summed E-state index contributed by atoms with van der Waals surface area (Å²) in [5.74, 6) is -1.71. The molecule has 0 aromatic heterocycles. The van der Waals surface area contributed by atoms with Crippen LogP contribution in [0, 0.1) is 11.3 Å². The van der Waals surface area contributed by atoms with E-state index in [0.29, 0.717) is 24.0 Å². The summed E-state index contributed by atoms with van der Waals surface area (Å²) >= 11 is 0. The maximum atomic E-state index is 13.1. The smallest absolute Gasteiger partial charge is 0.242 e. The summed E-state index contributed by atoms with van der Waals surface area (Å²) in [7, 11) is -3.83. The molecule has 10 nitrogen and oxygen atoms in total. The molecular formula is C26H39N5O5S. The quantitative estimate of drug-likeness (QED) is 0.115. The van der Waals surface area contributed by atoms with E-state index in [-0.39, 0.29) is 38.5 Å². The lowest BCUT2D eigenvalue weighted by Gasteiger charge is -2.25. The predicted molar refractivity (Wildman–Crippen MR) is 145 cm³/mol. The molecule has 0 heterocycles. The van der Waals surface area contributed by atoms with Crippen LogP contribution in [0.5, 0.6) is 0 Å². The van der Waals surface area contributed by atoms with E-state index in [0.717, 1.165) is 5.56 Å². The summed E-state index contributed by atoms with van der Waals surface area (Å²) in [6.45, 7) is 3.60. The van der Waals surface area contributed by atoms with Crippen molar-refractivity contribution in [3.8, 4) is 0 Å². The van der Waals surface area contributed by atoms with Crippen LogP contribution >= 0.6 is 0 Å². The van der Waals surface area contributed by atoms with Crippen molar-refractivity contribution < 1.29 is 24.5 Å². The largest absolute Gasteiger partial charge is 0.396 e. The second-order valence-electron chi connectivity index (χ2n) is 9.19. The number of hydrogen-bond acceptors (Lipinski definition) is 6. The van der Waals surface area contributed by atoms with Gasteiger partial charge in [0.05, 0.1) is 5.75 Å². The second kappa shape index (κ2) is 14.5. The fourth-order valence-corrected chi connectivity index (χ4v) is 5.11. The summed E-state index contributed by atoms with van der Waals surface area (Å²) < 4.78 is 28.0. The van der Waals surface area contributed by atoms with E-state index in [2.05, 4.69) is 15.4 Å². The monoisotopic (exact) mass is 533 g/mol. The lowest BCUT2D eigenvalue weighted by molar-refractivity contribution is -0.130. The Labute approximate surface area is 220 Å². The molecule has 1 unspecified atom stereocenters. The zero-order valence-corrected chi connectivity index (χ0v) is 22.1. The molecule has 2 rings (SSSR count). The molecule has 0 spiro atoms. The zero-order valence-electron chi connectivity index (χ0n) is 21.2. The minimum absolute atomic E-state index is 0. The van der Waals surface area contributed by atoms with Crippen molar-refractivity contribution in [1.29, 1.82) is 5.41 Å². The highest BCUT2D eigenvalue weighted by Gasteiger charge is 2.30. The number of aliphatic hydroxyl groups is 1. The first-order chi connectivity index (χ1) is 17.5. The number of hydrogen-bond donors (Lipinski definition) is 6. The molecule has 0 fully saturated rings. The Kier molecular flexibility index (Phi) is 11.7. The van der Waals surface area contributed by atoms with E-state index in [1.54, 1.807) is 68.4 Å². The van der Waals surface area contributed by atoms with Crippen LogP contribution in [-0.4, -0.2) is 49.9 Å². The number of amidine groups is 1. The number of carbonyl (C=O) groups is 2. The third-order valence-corrected chi connectivity index (χ3v) is 7.05. The van der Waals surface area contributed by atoms with Crippen molar-refractivity contribution in [3.05, 3.63) is 71.3 Å². The average Bonchev–Trinajstić information content (AvgIpc) is 2.85. The first-order valence-electron chi connectivity index (χ1n) is 12.2. The van der Waals surface area contributed by atoms with Crippen LogP contribution < -0.4 is 21.1 Å². The van der Waals surface area contributed by atoms with Gasteiger partial charge in [0.15, 0.2) is 0 Å². The number of nitrogens with two attached hydrogens (primary N) is 1. The van der Waals surface area contributed by atoms with Gasteiger partial charge in [-0.2, -0.15) is 0 Å². The molecule has 0 aliphatic heterocycles. The fraction of sp³-hybridized carbons (Fsp3) is 0.423. The number of nitrogens with one attached hydrogen (secondary N) is 4. The molecular weight excluding hydrogens is 494 g/mol. The summed E-state index contributed by atoms with van der Waals surface area (Å²) in [6.07, 6.45) is 1.24. The zero-order chi connectivity index (χ0) is 27.4. The van der Waals surface area contributed by atoms with Crippen molar-refractivity contribution in [3.63, 3.8) is 0 Å². The number of amides is 2. The van der Waals surface area contributed by atoms with Crippen molar-refractivity contribution in [2.45, 2.75) is 57.5 Å². The fourth-order valence-electron chi connectivity index (χ4n) is 3.63. The SMILES string of the molecule is CC(C)[C@@H](NS(=O)(=O)Cc1ccccc1)C(=O)NC(CCCCO)C(=O)NCc1ccc(C(=N)N)cc1.[HH]. The Hall–Kier alpha value is -3.28. The molecule has 0 saturated carbocycles. The van der Waals surface area contributed by atoms with Crippen LogP contribution in [0.4, 0.5) is 0 Å². The average molecular weight is 534 g/mol. The minimum atomic E-state index is -3.83. The molecule has 0 bridgehead atoms. The van der Waals surface area contributed by atoms with Gasteiger partial charge in [0.2, 0.25) is 21.8 Å². The minimum Gasteiger partial charge on any atom is -0.396 e. The Balaban J connectivity index is 0.00000722. The summed E-state index contributed by atoms with van der Waals surface area (Å²) in [5.41, 5.74) is 7.41. The molecule has 2 atom stereocenters. The molecule has 37 heavy (non-hydrogen) atoms. The normalized spacial score (nSPS) is 13.1. The van der Waals surface area contributed by atoms with Crippen LogP contribution in [0.2, 0.25) is 0 Å². The van der Waals surface area contributed by atoms with Gasteiger partial charge in [-0.1, -0.05) is 68.4 Å². The standard InChI is InChI=1S/C26H37N5O5S.H2/c1-18(2)23(31-37(35,36)17-20-8-4-3-5-9-20)26(34)30-22(10-6-7-15-32)25(33)29-16-19-11-13-21(14-12-19)24(27)28;/h3-5,8-9,11-14,18,22-23,31-32H,6-7,10,15-17H2,1-2H3,(H3,27,28)(H,29,33)(H,30,34);1H/t22?,23-;/m1./s1. The number of sulfonamides is 1. The van der Waals surface area contributed by atoms with E-state index in [9.17, 15) is 18.0 Å². The highest BCUT2D eigenvalue weighted by Crippen LogP contribution is 2.11.